The summed E-state index contributed by atoms with van der Waals surface area (Å²) in [6.07, 6.45) is 0. The van der Waals surface area contributed by atoms with Crippen molar-refractivity contribution < 1.29 is 9.53 Å². The second kappa shape index (κ2) is 5.51. The molecule has 0 radical (unpaired) electrons. The van der Waals surface area contributed by atoms with Gasteiger partial charge in [0.2, 0.25) is 5.91 Å². The van der Waals surface area contributed by atoms with Gasteiger partial charge in [-0.15, -0.1) is 0 Å². The molecule has 0 atom stereocenters. The van der Waals surface area contributed by atoms with Crippen LogP contribution in [0.3, 0.4) is 0 Å². The van der Waals surface area contributed by atoms with Crippen LogP contribution in [-0.2, 0) is 11.3 Å². The van der Waals surface area contributed by atoms with Crippen molar-refractivity contribution in [3.8, 4) is 5.75 Å². The monoisotopic (exact) mass is 300 g/mol. The van der Waals surface area contributed by atoms with E-state index in [9.17, 15) is 4.79 Å². The van der Waals surface area contributed by atoms with Gasteiger partial charge in [-0.3, -0.25) is 4.79 Å². The molecule has 1 rings (SSSR count). The Labute approximate surface area is 110 Å². The van der Waals surface area contributed by atoms with Crippen LogP contribution in [0.2, 0.25) is 0 Å². The fourth-order valence-electron chi connectivity index (χ4n) is 1.29. The van der Waals surface area contributed by atoms with E-state index in [1.54, 1.807) is 21.0 Å². The third-order valence-corrected chi connectivity index (χ3v) is 2.76. The van der Waals surface area contributed by atoms with Crippen molar-refractivity contribution in [2.45, 2.75) is 25.9 Å². The van der Waals surface area contributed by atoms with Crippen LogP contribution < -0.4 is 15.8 Å². The van der Waals surface area contributed by atoms with Crippen molar-refractivity contribution >= 4 is 21.8 Å². The molecular formula is C12H17BrN2O2. The number of ether oxygens (including phenoxy) is 1. The smallest absolute Gasteiger partial charge is 0.239 e. The van der Waals surface area contributed by atoms with Crippen molar-refractivity contribution in [2.24, 2.45) is 5.73 Å². The van der Waals surface area contributed by atoms with E-state index in [0.29, 0.717) is 6.54 Å². The van der Waals surface area contributed by atoms with Crippen LogP contribution in [0.4, 0.5) is 0 Å². The number of hydrogen-bond donors (Lipinski definition) is 2. The Bertz CT molecular complexity index is 413. The van der Waals surface area contributed by atoms with Crippen LogP contribution in [0, 0.1) is 0 Å². The number of carbonyl (C=O) groups is 1. The summed E-state index contributed by atoms with van der Waals surface area (Å²) in [6, 6.07) is 5.64. The molecule has 0 saturated carbocycles. The molecule has 0 aliphatic carbocycles. The molecule has 1 aromatic carbocycles. The quantitative estimate of drug-likeness (QED) is 0.891. The topological polar surface area (TPSA) is 64.3 Å². The van der Waals surface area contributed by atoms with E-state index in [2.05, 4.69) is 21.2 Å². The van der Waals surface area contributed by atoms with Crippen LogP contribution in [0.5, 0.6) is 5.75 Å². The minimum Gasteiger partial charge on any atom is -0.496 e. The van der Waals surface area contributed by atoms with Gasteiger partial charge in [0.15, 0.2) is 0 Å². The number of benzene rings is 1. The second-order valence-corrected chi connectivity index (χ2v) is 5.28. The van der Waals surface area contributed by atoms with Gasteiger partial charge in [0, 0.05) is 16.6 Å². The molecule has 17 heavy (non-hydrogen) atoms. The summed E-state index contributed by atoms with van der Waals surface area (Å²) >= 11 is 3.38. The molecule has 1 aromatic rings. The lowest BCUT2D eigenvalue weighted by atomic mass is 10.1. The highest BCUT2D eigenvalue weighted by atomic mass is 79.9. The van der Waals surface area contributed by atoms with Crippen molar-refractivity contribution in [2.75, 3.05) is 7.11 Å². The molecule has 1 amide bonds. The third-order valence-electron chi connectivity index (χ3n) is 2.27. The SMILES string of the molecule is COc1ccc(Br)cc1CNC(=O)C(C)(C)N. The molecule has 0 aliphatic heterocycles. The minimum absolute atomic E-state index is 0.195. The molecule has 0 fully saturated rings. The zero-order valence-electron chi connectivity index (χ0n) is 10.2. The van der Waals surface area contributed by atoms with E-state index in [-0.39, 0.29) is 5.91 Å². The lowest BCUT2D eigenvalue weighted by Gasteiger charge is -2.18. The van der Waals surface area contributed by atoms with E-state index in [0.717, 1.165) is 15.8 Å². The van der Waals surface area contributed by atoms with Gasteiger partial charge in [0.1, 0.15) is 5.75 Å². The van der Waals surface area contributed by atoms with Gasteiger partial charge in [-0.2, -0.15) is 0 Å². The van der Waals surface area contributed by atoms with Crippen LogP contribution >= 0.6 is 15.9 Å². The van der Waals surface area contributed by atoms with Crippen LogP contribution in [0.25, 0.3) is 0 Å². The van der Waals surface area contributed by atoms with E-state index in [1.807, 2.05) is 18.2 Å². The Hall–Kier alpha value is -1.07. The lowest BCUT2D eigenvalue weighted by Crippen LogP contribution is -2.48. The van der Waals surface area contributed by atoms with Gasteiger partial charge in [-0.1, -0.05) is 15.9 Å². The fraction of sp³-hybridized carbons (Fsp3) is 0.417. The van der Waals surface area contributed by atoms with Crippen LogP contribution in [0.1, 0.15) is 19.4 Å². The Balaban J connectivity index is 2.75. The summed E-state index contributed by atoms with van der Waals surface area (Å²) in [5.74, 6) is 0.544. The van der Waals surface area contributed by atoms with E-state index in [4.69, 9.17) is 10.5 Å². The highest BCUT2D eigenvalue weighted by molar-refractivity contribution is 9.10. The predicted molar refractivity (Wildman–Crippen MR) is 70.8 cm³/mol. The molecule has 5 heteroatoms. The maximum absolute atomic E-state index is 11.6. The zero-order valence-corrected chi connectivity index (χ0v) is 11.8. The number of nitrogens with two attached hydrogens (primary N) is 1. The molecule has 0 unspecified atom stereocenters. The summed E-state index contributed by atoms with van der Waals surface area (Å²) in [4.78, 5) is 11.6. The first-order valence-corrected chi connectivity index (χ1v) is 6.03. The first kappa shape index (κ1) is 14.0. The Morgan fingerprint density at radius 3 is 2.71 bits per heavy atom. The fourth-order valence-corrected chi connectivity index (χ4v) is 1.70. The second-order valence-electron chi connectivity index (χ2n) is 4.36. The summed E-state index contributed by atoms with van der Waals surface area (Å²) in [6.45, 7) is 3.73. The summed E-state index contributed by atoms with van der Waals surface area (Å²) < 4.78 is 6.15. The number of amides is 1. The summed E-state index contributed by atoms with van der Waals surface area (Å²) in [5, 5.41) is 2.78. The van der Waals surface area contributed by atoms with Gasteiger partial charge in [-0.25, -0.2) is 0 Å². The van der Waals surface area contributed by atoms with E-state index in [1.165, 1.54) is 0 Å². The predicted octanol–water partition coefficient (Wildman–Crippen LogP) is 1.81. The van der Waals surface area contributed by atoms with Gasteiger partial charge in [0.25, 0.3) is 0 Å². The molecule has 94 valence electrons. The molecule has 4 nitrogen and oxygen atoms in total. The maximum Gasteiger partial charge on any atom is 0.239 e. The number of rotatable bonds is 4. The average molecular weight is 301 g/mol. The van der Waals surface area contributed by atoms with Gasteiger partial charge in [-0.05, 0) is 32.0 Å². The maximum atomic E-state index is 11.6. The first-order chi connectivity index (χ1) is 7.84. The standard InChI is InChI=1S/C12H17BrN2O2/c1-12(2,14)11(16)15-7-8-6-9(13)4-5-10(8)17-3/h4-6H,7,14H2,1-3H3,(H,15,16). The van der Waals surface area contributed by atoms with Crippen LogP contribution in [0.15, 0.2) is 22.7 Å². The number of methoxy groups -OCH3 is 1. The van der Waals surface area contributed by atoms with Crippen molar-refractivity contribution in [1.82, 2.24) is 5.32 Å². The number of hydrogen-bond acceptors (Lipinski definition) is 3. The van der Waals surface area contributed by atoms with Crippen molar-refractivity contribution in [3.63, 3.8) is 0 Å². The van der Waals surface area contributed by atoms with Crippen molar-refractivity contribution in [3.05, 3.63) is 28.2 Å². The Kier molecular flexibility index (Phi) is 4.54. The number of halogens is 1. The van der Waals surface area contributed by atoms with Gasteiger partial charge in [0.05, 0.1) is 12.6 Å². The molecule has 0 saturated heterocycles. The third kappa shape index (κ3) is 4.02. The molecule has 3 N–H and O–H groups in total. The first-order valence-electron chi connectivity index (χ1n) is 5.24. The number of carbonyl (C=O) groups excluding carboxylic acids is 1. The molecule has 0 spiro atoms. The zero-order chi connectivity index (χ0) is 13.1. The highest BCUT2D eigenvalue weighted by Crippen LogP contribution is 2.22. The lowest BCUT2D eigenvalue weighted by molar-refractivity contribution is -0.125. The normalized spacial score (nSPS) is 11.1. The Morgan fingerprint density at radius 1 is 1.53 bits per heavy atom. The molecular weight excluding hydrogens is 284 g/mol. The molecule has 0 heterocycles. The van der Waals surface area contributed by atoms with Crippen LogP contribution in [-0.4, -0.2) is 18.6 Å². The molecule has 0 aliphatic rings. The molecule has 0 aromatic heterocycles. The largest absolute Gasteiger partial charge is 0.496 e. The van der Waals surface area contributed by atoms with E-state index >= 15 is 0 Å². The van der Waals surface area contributed by atoms with Gasteiger partial charge < -0.3 is 15.8 Å². The summed E-state index contributed by atoms with van der Waals surface area (Å²) in [5.41, 5.74) is 5.72. The Morgan fingerprint density at radius 2 is 2.18 bits per heavy atom. The molecule has 0 bridgehead atoms. The number of nitrogens with one attached hydrogen (secondary N) is 1. The minimum atomic E-state index is -0.876. The summed E-state index contributed by atoms with van der Waals surface area (Å²) in [7, 11) is 1.60. The van der Waals surface area contributed by atoms with Crippen molar-refractivity contribution in [1.29, 1.82) is 0 Å². The van der Waals surface area contributed by atoms with E-state index < -0.39 is 5.54 Å². The van der Waals surface area contributed by atoms with Gasteiger partial charge >= 0.3 is 0 Å². The average Bonchev–Trinajstić information content (AvgIpc) is 2.24. The highest BCUT2D eigenvalue weighted by Gasteiger charge is 2.21.